The molecule has 1 aromatic heterocycles. The van der Waals surface area contributed by atoms with Crippen LogP contribution in [0.25, 0.3) is 5.69 Å². The van der Waals surface area contributed by atoms with Gasteiger partial charge in [-0.3, -0.25) is 14.5 Å². The molecule has 4 N–H and O–H groups in total. The Hall–Kier alpha value is -5.17. The molecule has 5 rings (SSSR count). The molecule has 1 aliphatic rings. The normalized spacial score (nSPS) is 13.7. The van der Waals surface area contributed by atoms with Crippen molar-refractivity contribution < 1.29 is 32.7 Å². The summed E-state index contributed by atoms with van der Waals surface area (Å²) in [6.45, 7) is 1.35. The van der Waals surface area contributed by atoms with E-state index in [2.05, 4.69) is 25.9 Å². The van der Waals surface area contributed by atoms with Crippen LogP contribution in [0.3, 0.4) is 0 Å². The Balaban J connectivity index is 1.45. The summed E-state index contributed by atoms with van der Waals surface area (Å²) in [6, 6.07) is 21.6. The minimum absolute atomic E-state index is 0.0860. The third-order valence-electron chi connectivity index (χ3n) is 7.37. The number of anilines is 2. The molecule has 13 heteroatoms. The third kappa shape index (κ3) is 7.68. The zero-order valence-electron chi connectivity index (χ0n) is 24.4. The van der Waals surface area contributed by atoms with E-state index in [1.165, 1.54) is 25.1 Å². The van der Waals surface area contributed by atoms with Gasteiger partial charge in [0.1, 0.15) is 5.69 Å². The Morgan fingerprint density at radius 3 is 2.31 bits per heavy atom. The molecule has 0 spiro atoms. The molecule has 0 aliphatic heterocycles. The van der Waals surface area contributed by atoms with Crippen molar-refractivity contribution in [3.05, 3.63) is 107 Å². The molecule has 4 aromatic rings. The number of nitrogens with zero attached hydrogens (tertiary/aromatic N) is 3. The minimum atomic E-state index is -4.81. The number of alkyl halides is 3. The van der Waals surface area contributed by atoms with Gasteiger partial charge in [-0.2, -0.15) is 18.3 Å². The van der Waals surface area contributed by atoms with Gasteiger partial charge in [0.25, 0.3) is 5.91 Å². The van der Waals surface area contributed by atoms with Crippen LogP contribution in [0.1, 0.15) is 58.7 Å². The number of carboxylic acid groups (broad SMARTS) is 1. The number of nitrogens with one attached hydrogen (secondary N) is 3. The van der Waals surface area contributed by atoms with E-state index in [1.54, 1.807) is 24.3 Å². The second kappa shape index (κ2) is 12.8. The first-order chi connectivity index (χ1) is 21.4. The highest BCUT2D eigenvalue weighted by Crippen LogP contribution is 2.38. The summed E-state index contributed by atoms with van der Waals surface area (Å²) in [7, 11) is 2.02. The van der Waals surface area contributed by atoms with E-state index in [4.69, 9.17) is 5.11 Å². The highest BCUT2D eigenvalue weighted by molar-refractivity contribution is 6.03. The van der Waals surface area contributed by atoms with Crippen molar-refractivity contribution in [1.82, 2.24) is 20.0 Å². The van der Waals surface area contributed by atoms with Crippen LogP contribution >= 0.6 is 0 Å². The van der Waals surface area contributed by atoms with Crippen LogP contribution in [0.4, 0.5) is 29.3 Å². The molecule has 0 radical (unpaired) electrons. The highest BCUT2D eigenvalue weighted by atomic mass is 19.4. The first-order valence-corrected chi connectivity index (χ1v) is 14.1. The molecular formula is C32H31F3N6O4. The lowest BCUT2D eigenvalue weighted by atomic mass is 9.96. The van der Waals surface area contributed by atoms with Crippen molar-refractivity contribution in [1.29, 1.82) is 0 Å². The largest absolute Gasteiger partial charge is 0.465 e. The summed E-state index contributed by atoms with van der Waals surface area (Å²) >= 11 is 0. The maximum Gasteiger partial charge on any atom is 0.435 e. The molecule has 1 saturated carbocycles. The fourth-order valence-electron chi connectivity index (χ4n) is 5.14. The maximum atomic E-state index is 13.7. The van der Waals surface area contributed by atoms with Crippen LogP contribution < -0.4 is 16.0 Å². The number of benzene rings is 3. The number of hydrogen-bond acceptors (Lipinski definition) is 5. The van der Waals surface area contributed by atoms with Crippen LogP contribution in [0.15, 0.2) is 78.9 Å². The number of hydrogen-bond donors (Lipinski definition) is 4. The summed E-state index contributed by atoms with van der Waals surface area (Å²) in [5.41, 5.74) is 1.89. The molecule has 234 valence electrons. The van der Waals surface area contributed by atoms with Gasteiger partial charge in [-0.25, -0.2) is 9.48 Å². The SMILES string of the molecule is CC(=O)Nc1ccc(C(c2cccc(NC(=O)c3cc(C(F)(F)F)nn3-c3cccc(CNC(=O)O)c3)c2)N(C)C2CC2)cc1. The van der Waals surface area contributed by atoms with E-state index in [0.717, 1.165) is 28.7 Å². The van der Waals surface area contributed by atoms with Crippen molar-refractivity contribution in [2.24, 2.45) is 0 Å². The molecule has 3 amide bonds. The van der Waals surface area contributed by atoms with E-state index in [0.29, 0.717) is 29.0 Å². The Kier molecular flexibility index (Phi) is 8.91. The van der Waals surface area contributed by atoms with Crippen molar-refractivity contribution in [3.63, 3.8) is 0 Å². The predicted octanol–water partition coefficient (Wildman–Crippen LogP) is 6.05. The first-order valence-electron chi connectivity index (χ1n) is 14.1. The second-order valence-electron chi connectivity index (χ2n) is 10.8. The number of halogens is 3. The van der Waals surface area contributed by atoms with Gasteiger partial charge in [-0.15, -0.1) is 0 Å². The quantitative estimate of drug-likeness (QED) is 0.171. The number of rotatable bonds is 10. The van der Waals surface area contributed by atoms with Crippen LogP contribution in [0.5, 0.6) is 0 Å². The zero-order valence-corrected chi connectivity index (χ0v) is 24.4. The standard InChI is InChI=1S/C32H31F3N6O4/c1-19(42)37-23-11-9-21(10-12-23)29(40(2)25-13-14-25)22-6-4-7-24(16-22)38-30(43)27-17-28(32(33,34)35)39-41(27)26-8-3-5-20(15-26)18-36-31(44)45/h3-12,15-17,25,29,36H,13-14,18H2,1-2H3,(H,37,42)(H,38,43)(H,44,45). The Morgan fingerprint density at radius 1 is 0.956 bits per heavy atom. The fraction of sp³-hybridized carbons (Fsp3) is 0.250. The van der Waals surface area contributed by atoms with E-state index < -0.39 is 23.9 Å². The van der Waals surface area contributed by atoms with E-state index >= 15 is 0 Å². The monoisotopic (exact) mass is 620 g/mol. The summed E-state index contributed by atoms with van der Waals surface area (Å²) < 4.78 is 42.0. The third-order valence-corrected chi connectivity index (χ3v) is 7.37. The van der Waals surface area contributed by atoms with Gasteiger partial charge in [0.2, 0.25) is 5.91 Å². The first kappa shape index (κ1) is 31.3. The second-order valence-corrected chi connectivity index (χ2v) is 10.8. The van der Waals surface area contributed by atoms with Gasteiger partial charge in [-0.1, -0.05) is 36.4 Å². The molecule has 1 fully saturated rings. The van der Waals surface area contributed by atoms with Crippen LogP contribution in [0, 0.1) is 0 Å². The molecule has 1 heterocycles. The lowest BCUT2D eigenvalue weighted by molar-refractivity contribution is -0.141. The highest BCUT2D eigenvalue weighted by Gasteiger charge is 2.36. The fourth-order valence-corrected chi connectivity index (χ4v) is 5.14. The van der Waals surface area contributed by atoms with Crippen molar-refractivity contribution in [3.8, 4) is 5.69 Å². The smallest absolute Gasteiger partial charge is 0.435 e. The Morgan fingerprint density at radius 2 is 1.67 bits per heavy atom. The average Bonchev–Trinajstić information content (AvgIpc) is 3.73. The lowest BCUT2D eigenvalue weighted by Crippen LogP contribution is -2.27. The molecule has 1 unspecified atom stereocenters. The summed E-state index contributed by atoms with van der Waals surface area (Å²) in [4.78, 5) is 38.1. The van der Waals surface area contributed by atoms with E-state index in [1.807, 2.05) is 37.4 Å². The van der Waals surface area contributed by atoms with Crippen LogP contribution in [-0.4, -0.2) is 50.8 Å². The predicted molar refractivity (Wildman–Crippen MR) is 161 cm³/mol. The molecule has 1 aliphatic carbocycles. The van der Waals surface area contributed by atoms with Crippen molar-refractivity contribution in [2.45, 2.75) is 44.6 Å². The zero-order chi connectivity index (χ0) is 32.3. The van der Waals surface area contributed by atoms with E-state index in [-0.39, 0.29) is 29.9 Å². The minimum Gasteiger partial charge on any atom is -0.465 e. The van der Waals surface area contributed by atoms with Gasteiger partial charge in [0, 0.05) is 37.0 Å². The Labute approximate surface area is 256 Å². The molecule has 0 bridgehead atoms. The lowest BCUT2D eigenvalue weighted by Gasteiger charge is -2.29. The molecule has 3 aromatic carbocycles. The Bertz CT molecular complexity index is 1720. The van der Waals surface area contributed by atoms with Gasteiger partial charge in [0.05, 0.1) is 11.7 Å². The van der Waals surface area contributed by atoms with Gasteiger partial charge in [-0.05, 0) is 73.0 Å². The van der Waals surface area contributed by atoms with Crippen molar-refractivity contribution in [2.75, 3.05) is 17.7 Å². The summed E-state index contributed by atoms with van der Waals surface area (Å²) in [5.74, 6) is -0.986. The maximum absolute atomic E-state index is 13.7. The summed E-state index contributed by atoms with van der Waals surface area (Å²) in [6.07, 6.45) is -3.97. The van der Waals surface area contributed by atoms with E-state index in [9.17, 15) is 27.6 Å². The summed E-state index contributed by atoms with van der Waals surface area (Å²) in [5, 5.41) is 20.3. The average molecular weight is 621 g/mol. The molecule has 1 atom stereocenters. The molecule has 45 heavy (non-hydrogen) atoms. The number of carbonyl (C=O) groups excluding carboxylic acids is 2. The number of aromatic nitrogens is 2. The van der Waals surface area contributed by atoms with Crippen LogP contribution in [-0.2, 0) is 17.5 Å². The molecule has 0 saturated heterocycles. The molecule has 10 nitrogen and oxygen atoms in total. The van der Waals surface area contributed by atoms with Crippen LogP contribution in [0.2, 0.25) is 0 Å². The van der Waals surface area contributed by atoms with Gasteiger partial charge < -0.3 is 21.1 Å². The topological polar surface area (TPSA) is 129 Å². The van der Waals surface area contributed by atoms with Gasteiger partial charge >= 0.3 is 12.3 Å². The molecular weight excluding hydrogens is 589 g/mol. The number of carbonyl (C=O) groups is 3. The van der Waals surface area contributed by atoms with Crippen molar-refractivity contribution >= 4 is 29.3 Å². The van der Waals surface area contributed by atoms with Gasteiger partial charge in [0.15, 0.2) is 5.69 Å². The number of amides is 3.